The minimum Gasteiger partial charge on any atom is -0.0590 e. The summed E-state index contributed by atoms with van der Waals surface area (Å²) in [6.45, 7) is 6.92. The molecule has 0 aromatic heterocycles. The van der Waals surface area contributed by atoms with E-state index in [0.29, 0.717) is 5.41 Å². The van der Waals surface area contributed by atoms with Crippen LogP contribution in [0.4, 0.5) is 0 Å². The molecule has 0 heterocycles. The summed E-state index contributed by atoms with van der Waals surface area (Å²) in [5.41, 5.74) is 7.71. The van der Waals surface area contributed by atoms with Gasteiger partial charge in [0.15, 0.2) is 0 Å². The molecule has 16 heavy (non-hydrogen) atoms. The first-order chi connectivity index (χ1) is 7.58. The SMILES string of the molecule is Cc1ccc2c(c1)C1=CC=C1CCC2(C)C. The molecule has 0 saturated carbocycles. The van der Waals surface area contributed by atoms with Crippen molar-refractivity contribution in [1.82, 2.24) is 0 Å². The molecule has 1 aromatic rings. The standard InChI is InChI=1S/C16H18/c1-11-4-7-15-14(10-11)13-6-5-12(13)8-9-16(15,2)3/h4-7,10H,8-9H2,1-3H3. The second-order valence-electron chi connectivity index (χ2n) is 5.71. The van der Waals surface area contributed by atoms with Crippen LogP contribution in [0.5, 0.6) is 0 Å². The predicted molar refractivity (Wildman–Crippen MR) is 69.5 cm³/mol. The molecule has 0 radical (unpaired) electrons. The van der Waals surface area contributed by atoms with Crippen LogP contribution in [0.1, 0.15) is 43.4 Å². The third-order valence-electron chi connectivity index (χ3n) is 4.01. The van der Waals surface area contributed by atoms with Crippen molar-refractivity contribution in [1.29, 1.82) is 0 Å². The predicted octanol–water partition coefficient (Wildman–Crippen LogP) is 4.39. The maximum Gasteiger partial charge on any atom is -0.00942 e. The number of aryl methyl sites for hydroxylation is 1. The monoisotopic (exact) mass is 210 g/mol. The van der Waals surface area contributed by atoms with Crippen molar-refractivity contribution >= 4 is 5.57 Å². The van der Waals surface area contributed by atoms with E-state index in [2.05, 4.69) is 51.1 Å². The van der Waals surface area contributed by atoms with E-state index < -0.39 is 0 Å². The van der Waals surface area contributed by atoms with E-state index in [1.165, 1.54) is 35.1 Å². The van der Waals surface area contributed by atoms with Gasteiger partial charge < -0.3 is 0 Å². The van der Waals surface area contributed by atoms with Crippen molar-refractivity contribution in [3.8, 4) is 0 Å². The highest BCUT2D eigenvalue weighted by Crippen LogP contribution is 2.45. The molecule has 0 bridgehead atoms. The molecule has 0 fully saturated rings. The Balaban J connectivity index is 2.24. The number of hydrogen-bond acceptors (Lipinski definition) is 0. The van der Waals surface area contributed by atoms with Gasteiger partial charge in [0.05, 0.1) is 0 Å². The Morgan fingerprint density at radius 1 is 1.12 bits per heavy atom. The van der Waals surface area contributed by atoms with E-state index in [1.54, 1.807) is 5.57 Å². The molecule has 1 aromatic carbocycles. The largest absolute Gasteiger partial charge is 0.0590 e. The molecule has 2 aliphatic carbocycles. The number of fused-ring (bicyclic) bond motifs is 3. The van der Waals surface area contributed by atoms with Crippen molar-refractivity contribution in [3.05, 3.63) is 52.6 Å². The van der Waals surface area contributed by atoms with E-state index in [1.807, 2.05) is 0 Å². The van der Waals surface area contributed by atoms with Gasteiger partial charge in [0.25, 0.3) is 0 Å². The maximum absolute atomic E-state index is 2.37. The number of allylic oxidation sites excluding steroid dienone is 4. The molecule has 82 valence electrons. The summed E-state index contributed by atoms with van der Waals surface area (Å²) in [6, 6.07) is 6.92. The van der Waals surface area contributed by atoms with Crippen molar-refractivity contribution in [2.75, 3.05) is 0 Å². The third-order valence-corrected chi connectivity index (χ3v) is 4.01. The van der Waals surface area contributed by atoms with Gasteiger partial charge in [0.2, 0.25) is 0 Å². The molecule has 0 spiro atoms. The molecule has 0 saturated heterocycles. The fraction of sp³-hybridized carbons (Fsp3) is 0.375. The Bertz CT molecular complexity index is 513. The molecule has 0 atom stereocenters. The smallest absolute Gasteiger partial charge is 0.00942 e. The summed E-state index contributed by atoms with van der Waals surface area (Å²) in [5, 5.41) is 0. The van der Waals surface area contributed by atoms with Gasteiger partial charge in [-0.05, 0) is 47.5 Å². The number of rotatable bonds is 0. The second kappa shape index (κ2) is 3.10. The fourth-order valence-corrected chi connectivity index (χ4v) is 2.82. The zero-order valence-electron chi connectivity index (χ0n) is 10.3. The second-order valence-corrected chi connectivity index (χ2v) is 5.71. The Hall–Kier alpha value is -1.30. The molecular weight excluding hydrogens is 192 g/mol. The average Bonchev–Trinajstić information content (AvgIpc) is 2.20. The van der Waals surface area contributed by atoms with Gasteiger partial charge >= 0.3 is 0 Å². The quantitative estimate of drug-likeness (QED) is 0.595. The van der Waals surface area contributed by atoms with E-state index in [0.717, 1.165) is 0 Å². The first kappa shape index (κ1) is 9.89. The lowest BCUT2D eigenvalue weighted by molar-refractivity contribution is 0.485. The normalized spacial score (nSPS) is 20.9. The first-order valence-corrected chi connectivity index (χ1v) is 6.11. The van der Waals surface area contributed by atoms with E-state index in [-0.39, 0.29) is 0 Å². The van der Waals surface area contributed by atoms with Crippen molar-refractivity contribution in [2.24, 2.45) is 0 Å². The Labute approximate surface area is 97.7 Å². The highest BCUT2D eigenvalue weighted by Gasteiger charge is 2.30. The summed E-state index contributed by atoms with van der Waals surface area (Å²) in [7, 11) is 0. The molecule has 3 rings (SSSR count). The van der Waals surface area contributed by atoms with Crippen LogP contribution in [-0.2, 0) is 5.41 Å². The Morgan fingerprint density at radius 2 is 1.94 bits per heavy atom. The first-order valence-electron chi connectivity index (χ1n) is 6.11. The van der Waals surface area contributed by atoms with Crippen molar-refractivity contribution in [3.63, 3.8) is 0 Å². The summed E-state index contributed by atoms with van der Waals surface area (Å²) < 4.78 is 0. The van der Waals surface area contributed by atoms with Crippen LogP contribution in [0.2, 0.25) is 0 Å². The molecule has 0 aliphatic heterocycles. The summed E-state index contributed by atoms with van der Waals surface area (Å²) in [5.74, 6) is 0. The Morgan fingerprint density at radius 3 is 2.62 bits per heavy atom. The van der Waals surface area contributed by atoms with Gasteiger partial charge in [-0.15, -0.1) is 0 Å². The zero-order valence-corrected chi connectivity index (χ0v) is 10.3. The fourth-order valence-electron chi connectivity index (χ4n) is 2.82. The van der Waals surface area contributed by atoms with Crippen LogP contribution >= 0.6 is 0 Å². The van der Waals surface area contributed by atoms with Crippen LogP contribution < -0.4 is 0 Å². The van der Waals surface area contributed by atoms with Crippen molar-refractivity contribution in [2.45, 2.75) is 39.0 Å². The minimum absolute atomic E-state index is 0.308. The van der Waals surface area contributed by atoms with Crippen LogP contribution in [0.25, 0.3) is 5.57 Å². The molecule has 0 nitrogen and oxygen atoms in total. The molecular formula is C16H18. The van der Waals surface area contributed by atoms with Gasteiger partial charge in [0, 0.05) is 0 Å². The van der Waals surface area contributed by atoms with E-state index >= 15 is 0 Å². The lowest BCUT2D eigenvalue weighted by atomic mass is 9.79. The van der Waals surface area contributed by atoms with E-state index in [9.17, 15) is 0 Å². The highest BCUT2D eigenvalue weighted by molar-refractivity contribution is 5.88. The molecule has 0 unspecified atom stereocenters. The van der Waals surface area contributed by atoms with Gasteiger partial charge in [-0.3, -0.25) is 0 Å². The highest BCUT2D eigenvalue weighted by atomic mass is 14.3. The van der Waals surface area contributed by atoms with Gasteiger partial charge in [0.1, 0.15) is 0 Å². The molecule has 2 aliphatic rings. The average molecular weight is 210 g/mol. The number of benzene rings is 1. The third kappa shape index (κ3) is 1.29. The lowest BCUT2D eigenvalue weighted by Crippen LogP contribution is -2.17. The topological polar surface area (TPSA) is 0 Å². The van der Waals surface area contributed by atoms with Crippen molar-refractivity contribution < 1.29 is 0 Å². The summed E-state index contributed by atoms with van der Waals surface area (Å²) in [4.78, 5) is 0. The Kier molecular flexibility index (Phi) is 1.92. The lowest BCUT2D eigenvalue weighted by Gasteiger charge is -2.25. The van der Waals surface area contributed by atoms with Gasteiger partial charge in [-0.25, -0.2) is 0 Å². The molecule has 0 N–H and O–H groups in total. The van der Waals surface area contributed by atoms with Crippen LogP contribution in [0.15, 0.2) is 35.9 Å². The number of hydrogen-bond donors (Lipinski definition) is 0. The van der Waals surface area contributed by atoms with Gasteiger partial charge in [-0.2, -0.15) is 0 Å². The minimum atomic E-state index is 0.308. The summed E-state index contributed by atoms with van der Waals surface area (Å²) in [6.07, 6.45) is 7.04. The molecule has 0 heteroatoms. The molecule has 0 amide bonds. The van der Waals surface area contributed by atoms with Crippen LogP contribution in [0.3, 0.4) is 0 Å². The van der Waals surface area contributed by atoms with Crippen LogP contribution in [0, 0.1) is 6.92 Å². The van der Waals surface area contributed by atoms with Gasteiger partial charge in [-0.1, -0.05) is 49.8 Å². The zero-order chi connectivity index (χ0) is 11.3. The van der Waals surface area contributed by atoms with Crippen LogP contribution in [-0.4, -0.2) is 0 Å². The summed E-state index contributed by atoms with van der Waals surface area (Å²) >= 11 is 0. The van der Waals surface area contributed by atoms with E-state index in [4.69, 9.17) is 0 Å². The maximum atomic E-state index is 2.37.